The molecule has 0 fully saturated rings. The molecular formula is C15H14N2O4. The van der Waals surface area contributed by atoms with Crippen LogP contribution in [-0.4, -0.2) is 15.9 Å². The van der Waals surface area contributed by atoms with Crippen LogP contribution >= 0.6 is 0 Å². The van der Waals surface area contributed by atoms with Gasteiger partial charge in [0.2, 0.25) is 0 Å². The van der Waals surface area contributed by atoms with E-state index in [4.69, 9.17) is 0 Å². The largest absolute Gasteiger partial charge is 0.389 e. The van der Waals surface area contributed by atoms with Gasteiger partial charge in [0.25, 0.3) is 11.6 Å². The van der Waals surface area contributed by atoms with E-state index in [0.29, 0.717) is 5.69 Å². The summed E-state index contributed by atoms with van der Waals surface area (Å²) in [5, 5.41) is 22.9. The molecule has 2 rings (SSSR count). The maximum Gasteiger partial charge on any atom is 0.282 e. The molecule has 1 amide bonds. The first kappa shape index (κ1) is 14.7. The smallest absolute Gasteiger partial charge is 0.282 e. The zero-order valence-corrected chi connectivity index (χ0v) is 11.3. The number of rotatable bonds is 4. The molecular weight excluding hydrogens is 272 g/mol. The number of hydrogen-bond acceptors (Lipinski definition) is 4. The molecule has 0 spiro atoms. The fourth-order valence-electron chi connectivity index (χ4n) is 1.87. The SMILES string of the molecule is C[C@@H](O)c1ccc(NC(=O)c2ccccc2[N+](=O)[O-])cc1. The van der Waals surface area contributed by atoms with Gasteiger partial charge in [-0.2, -0.15) is 0 Å². The average molecular weight is 286 g/mol. The first-order chi connectivity index (χ1) is 9.99. The molecule has 108 valence electrons. The summed E-state index contributed by atoms with van der Waals surface area (Å²) in [6.45, 7) is 1.64. The number of aliphatic hydroxyl groups excluding tert-OH is 1. The summed E-state index contributed by atoms with van der Waals surface area (Å²) in [7, 11) is 0. The van der Waals surface area contributed by atoms with Gasteiger partial charge in [-0.1, -0.05) is 24.3 Å². The Labute approximate surface area is 121 Å². The lowest BCUT2D eigenvalue weighted by Gasteiger charge is -2.08. The highest BCUT2D eigenvalue weighted by molar-refractivity contribution is 6.07. The first-order valence-electron chi connectivity index (χ1n) is 6.32. The van der Waals surface area contributed by atoms with Crippen molar-refractivity contribution in [3.8, 4) is 0 Å². The van der Waals surface area contributed by atoms with Crippen molar-refractivity contribution in [1.82, 2.24) is 0 Å². The molecule has 0 aliphatic carbocycles. The van der Waals surface area contributed by atoms with Crippen molar-refractivity contribution in [3.05, 3.63) is 69.8 Å². The van der Waals surface area contributed by atoms with E-state index >= 15 is 0 Å². The summed E-state index contributed by atoms with van der Waals surface area (Å²) in [4.78, 5) is 22.4. The van der Waals surface area contributed by atoms with Gasteiger partial charge in [0.05, 0.1) is 11.0 Å². The fourth-order valence-corrected chi connectivity index (χ4v) is 1.87. The Morgan fingerprint density at radius 2 is 1.81 bits per heavy atom. The number of carbonyl (C=O) groups excluding carboxylic acids is 1. The van der Waals surface area contributed by atoms with E-state index in [0.717, 1.165) is 5.56 Å². The summed E-state index contributed by atoms with van der Waals surface area (Å²) in [6.07, 6.45) is -0.593. The van der Waals surface area contributed by atoms with Crippen LogP contribution in [0.3, 0.4) is 0 Å². The molecule has 2 aromatic rings. The van der Waals surface area contributed by atoms with Crippen molar-refractivity contribution in [2.75, 3.05) is 5.32 Å². The first-order valence-corrected chi connectivity index (χ1v) is 6.32. The van der Waals surface area contributed by atoms with Crippen LogP contribution in [0.5, 0.6) is 0 Å². The summed E-state index contributed by atoms with van der Waals surface area (Å²) >= 11 is 0. The van der Waals surface area contributed by atoms with Crippen molar-refractivity contribution in [1.29, 1.82) is 0 Å². The summed E-state index contributed by atoms with van der Waals surface area (Å²) in [6, 6.07) is 12.4. The Balaban J connectivity index is 2.20. The Morgan fingerprint density at radius 1 is 1.19 bits per heavy atom. The molecule has 0 aromatic heterocycles. The molecule has 0 aliphatic heterocycles. The quantitative estimate of drug-likeness (QED) is 0.667. The van der Waals surface area contributed by atoms with E-state index in [-0.39, 0.29) is 11.3 Å². The van der Waals surface area contributed by atoms with Gasteiger partial charge in [0.15, 0.2) is 0 Å². The molecule has 0 saturated heterocycles. The molecule has 1 atom stereocenters. The number of nitro groups is 1. The van der Waals surface area contributed by atoms with Crippen molar-refractivity contribution in [2.45, 2.75) is 13.0 Å². The van der Waals surface area contributed by atoms with Gasteiger partial charge >= 0.3 is 0 Å². The average Bonchev–Trinajstić information content (AvgIpc) is 2.47. The highest BCUT2D eigenvalue weighted by atomic mass is 16.6. The molecule has 2 N–H and O–H groups in total. The summed E-state index contributed by atoms with van der Waals surface area (Å²) < 4.78 is 0. The molecule has 0 unspecified atom stereocenters. The molecule has 0 aliphatic rings. The van der Waals surface area contributed by atoms with Gasteiger partial charge in [-0.15, -0.1) is 0 Å². The second-order valence-electron chi connectivity index (χ2n) is 4.53. The molecule has 0 saturated carbocycles. The van der Waals surface area contributed by atoms with Crippen LogP contribution in [0, 0.1) is 10.1 Å². The molecule has 0 bridgehead atoms. The van der Waals surface area contributed by atoms with Crippen LogP contribution < -0.4 is 5.32 Å². The number of hydrogen-bond donors (Lipinski definition) is 2. The van der Waals surface area contributed by atoms with Crippen LogP contribution in [0.1, 0.15) is 28.9 Å². The number of benzene rings is 2. The zero-order valence-electron chi connectivity index (χ0n) is 11.3. The highest BCUT2D eigenvalue weighted by Gasteiger charge is 2.19. The van der Waals surface area contributed by atoms with E-state index in [1.54, 1.807) is 37.3 Å². The molecule has 0 heterocycles. The van der Waals surface area contributed by atoms with Crippen LogP contribution in [0.2, 0.25) is 0 Å². The van der Waals surface area contributed by atoms with E-state index in [1.165, 1.54) is 18.2 Å². The van der Waals surface area contributed by atoms with E-state index < -0.39 is 16.9 Å². The third-order valence-electron chi connectivity index (χ3n) is 3.00. The fraction of sp³-hybridized carbons (Fsp3) is 0.133. The molecule has 6 nitrogen and oxygen atoms in total. The van der Waals surface area contributed by atoms with Crippen molar-refractivity contribution in [3.63, 3.8) is 0 Å². The Bertz CT molecular complexity index is 666. The van der Waals surface area contributed by atoms with E-state index in [1.807, 2.05) is 0 Å². The lowest BCUT2D eigenvalue weighted by molar-refractivity contribution is -0.385. The van der Waals surface area contributed by atoms with Crippen LogP contribution in [-0.2, 0) is 0 Å². The second-order valence-corrected chi connectivity index (χ2v) is 4.53. The molecule has 6 heteroatoms. The minimum atomic E-state index is -0.593. The third-order valence-corrected chi connectivity index (χ3v) is 3.00. The predicted molar refractivity (Wildman–Crippen MR) is 78.1 cm³/mol. The number of nitrogens with one attached hydrogen (secondary N) is 1. The number of anilines is 1. The molecule has 0 radical (unpaired) electrons. The van der Waals surface area contributed by atoms with Crippen molar-refractivity contribution < 1.29 is 14.8 Å². The number of nitrogens with zero attached hydrogens (tertiary/aromatic N) is 1. The number of aliphatic hydroxyl groups is 1. The normalized spacial score (nSPS) is 11.7. The second kappa shape index (κ2) is 6.15. The minimum Gasteiger partial charge on any atom is -0.389 e. The standard InChI is InChI=1S/C15H14N2O4/c1-10(18)11-6-8-12(9-7-11)16-15(19)13-4-2-3-5-14(13)17(20)21/h2-10,18H,1H3,(H,16,19)/t10-/m1/s1. The zero-order chi connectivity index (χ0) is 15.4. The number of nitro benzene ring substituents is 1. The monoisotopic (exact) mass is 286 g/mol. The molecule has 21 heavy (non-hydrogen) atoms. The van der Waals surface area contributed by atoms with Crippen LogP contribution in [0.15, 0.2) is 48.5 Å². The predicted octanol–water partition coefficient (Wildman–Crippen LogP) is 2.90. The Morgan fingerprint density at radius 3 is 2.38 bits per heavy atom. The Kier molecular flexibility index (Phi) is 4.30. The maximum absolute atomic E-state index is 12.1. The van der Waals surface area contributed by atoms with Gasteiger partial charge < -0.3 is 10.4 Å². The maximum atomic E-state index is 12.1. The topological polar surface area (TPSA) is 92.5 Å². The van der Waals surface area contributed by atoms with Crippen LogP contribution in [0.25, 0.3) is 0 Å². The summed E-state index contributed by atoms with van der Waals surface area (Å²) in [5.74, 6) is -0.549. The number of para-hydroxylation sites is 1. The summed E-state index contributed by atoms with van der Waals surface area (Å²) in [5.41, 5.74) is 0.985. The van der Waals surface area contributed by atoms with Crippen LogP contribution in [0.4, 0.5) is 11.4 Å². The van der Waals surface area contributed by atoms with E-state index in [9.17, 15) is 20.0 Å². The third kappa shape index (κ3) is 3.43. The van der Waals surface area contributed by atoms with Crippen molar-refractivity contribution in [2.24, 2.45) is 0 Å². The van der Waals surface area contributed by atoms with Gasteiger partial charge in [-0.25, -0.2) is 0 Å². The van der Waals surface area contributed by atoms with Gasteiger partial charge in [0.1, 0.15) is 5.56 Å². The van der Waals surface area contributed by atoms with Gasteiger partial charge in [-0.3, -0.25) is 14.9 Å². The highest BCUT2D eigenvalue weighted by Crippen LogP contribution is 2.20. The van der Waals surface area contributed by atoms with Crippen molar-refractivity contribution >= 4 is 17.3 Å². The van der Waals surface area contributed by atoms with E-state index in [2.05, 4.69) is 5.32 Å². The van der Waals surface area contributed by atoms with Gasteiger partial charge in [-0.05, 0) is 30.7 Å². The number of amides is 1. The molecule has 2 aromatic carbocycles. The van der Waals surface area contributed by atoms with Gasteiger partial charge in [0, 0.05) is 11.8 Å². The number of carbonyl (C=O) groups is 1. The lowest BCUT2D eigenvalue weighted by Crippen LogP contribution is -2.13. The Hall–Kier alpha value is -2.73. The minimum absolute atomic E-state index is 0.00195. The lowest BCUT2D eigenvalue weighted by atomic mass is 10.1.